The number of carbonyl (C=O) groups excluding carboxylic acids is 1. The van der Waals surface area contributed by atoms with Crippen molar-refractivity contribution in [1.82, 2.24) is 10.1 Å². The van der Waals surface area contributed by atoms with Crippen molar-refractivity contribution in [2.75, 3.05) is 0 Å². The van der Waals surface area contributed by atoms with Crippen LogP contribution in [0.2, 0.25) is 0 Å². The van der Waals surface area contributed by atoms with Gasteiger partial charge in [-0.05, 0) is 45.1 Å². The van der Waals surface area contributed by atoms with Crippen LogP contribution in [0.1, 0.15) is 54.4 Å². The maximum absolute atomic E-state index is 12.5. The lowest BCUT2D eigenvalue weighted by atomic mass is 9.89. The van der Waals surface area contributed by atoms with Crippen LogP contribution in [0.4, 0.5) is 0 Å². The predicted octanol–water partition coefficient (Wildman–Crippen LogP) is 3.58. The largest absolute Gasteiger partial charge is 0.459 e. The number of esters is 1. The third-order valence-corrected chi connectivity index (χ3v) is 4.13. The molecule has 1 saturated carbocycles. The van der Waals surface area contributed by atoms with Crippen molar-refractivity contribution < 1.29 is 14.1 Å². The van der Waals surface area contributed by atoms with Gasteiger partial charge in [-0.1, -0.05) is 18.5 Å². The van der Waals surface area contributed by atoms with E-state index in [0.717, 1.165) is 25.0 Å². The van der Waals surface area contributed by atoms with E-state index < -0.39 is 0 Å². The van der Waals surface area contributed by atoms with Gasteiger partial charge in [-0.15, -0.1) is 0 Å². The maximum atomic E-state index is 12.5. The van der Waals surface area contributed by atoms with Gasteiger partial charge in [0, 0.05) is 5.69 Å². The summed E-state index contributed by atoms with van der Waals surface area (Å²) in [6.45, 7) is 5.85. The van der Waals surface area contributed by atoms with Crippen LogP contribution in [0.3, 0.4) is 0 Å². The summed E-state index contributed by atoms with van der Waals surface area (Å²) >= 11 is 0. The van der Waals surface area contributed by atoms with Crippen LogP contribution in [0.25, 0.3) is 11.1 Å². The molecule has 0 radical (unpaired) electrons. The predicted molar refractivity (Wildman–Crippen MR) is 78.1 cm³/mol. The smallest absolute Gasteiger partial charge is 0.339 e. The Bertz CT molecular complexity index is 677. The van der Waals surface area contributed by atoms with Crippen LogP contribution < -0.4 is 0 Å². The molecule has 1 aliphatic carbocycles. The lowest BCUT2D eigenvalue weighted by molar-refractivity contribution is 0.0157. The minimum atomic E-state index is -0.295. The van der Waals surface area contributed by atoms with Gasteiger partial charge in [0.25, 0.3) is 5.71 Å². The molecule has 112 valence electrons. The normalized spacial score (nSPS) is 22.4. The minimum absolute atomic E-state index is 0.0185. The molecule has 1 aliphatic rings. The van der Waals surface area contributed by atoms with Gasteiger partial charge in [0.05, 0.1) is 16.6 Å². The van der Waals surface area contributed by atoms with Crippen LogP contribution >= 0.6 is 0 Å². The molecule has 2 heterocycles. The Balaban J connectivity index is 1.89. The molecule has 2 unspecified atom stereocenters. The first-order valence-electron chi connectivity index (χ1n) is 7.49. The van der Waals surface area contributed by atoms with Crippen molar-refractivity contribution >= 4 is 17.1 Å². The van der Waals surface area contributed by atoms with Crippen molar-refractivity contribution in [2.24, 2.45) is 5.92 Å². The van der Waals surface area contributed by atoms with Gasteiger partial charge < -0.3 is 9.26 Å². The van der Waals surface area contributed by atoms with Gasteiger partial charge in [0.1, 0.15) is 6.10 Å². The van der Waals surface area contributed by atoms with E-state index in [0.29, 0.717) is 28.3 Å². The number of ether oxygens (including phenoxy) is 1. The van der Waals surface area contributed by atoms with E-state index in [2.05, 4.69) is 17.1 Å². The van der Waals surface area contributed by atoms with Gasteiger partial charge in [-0.3, -0.25) is 0 Å². The van der Waals surface area contributed by atoms with Crippen molar-refractivity contribution in [3.05, 3.63) is 23.0 Å². The molecule has 0 aliphatic heterocycles. The van der Waals surface area contributed by atoms with Gasteiger partial charge in [-0.25, -0.2) is 9.78 Å². The summed E-state index contributed by atoms with van der Waals surface area (Å²) in [5, 5.41) is 4.56. The standard InChI is InChI=1S/C16H20N2O3/c1-9-5-4-6-12(7-9)20-16(19)13-8-10(2)17-15-14(13)11(3)18-21-15/h8-9,12H,4-7H2,1-3H3. The summed E-state index contributed by atoms with van der Waals surface area (Å²) in [7, 11) is 0. The van der Waals surface area contributed by atoms with Crippen molar-refractivity contribution in [3.63, 3.8) is 0 Å². The molecule has 0 aromatic carbocycles. The van der Waals surface area contributed by atoms with Crippen LogP contribution in [0, 0.1) is 19.8 Å². The number of nitrogens with zero attached hydrogens (tertiary/aromatic N) is 2. The number of hydrogen-bond acceptors (Lipinski definition) is 5. The van der Waals surface area contributed by atoms with Crippen LogP contribution in [-0.2, 0) is 4.74 Å². The van der Waals surface area contributed by atoms with E-state index in [4.69, 9.17) is 9.26 Å². The molecule has 0 bridgehead atoms. The first-order chi connectivity index (χ1) is 10.0. The second-order valence-corrected chi connectivity index (χ2v) is 6.06. The van der Waals surface area contributed by atoms with Gasteiger partial charge in [0.2, 0.25) is 0 Å². The van der Waals surface area contributed by atoms with Crippen molar-refractivity contribution in [2.45, 2.75) is 52.6 Å². The fraction of sp³-hybridized carbons (Fsp3) is 0.562. The SMILES string of the molecule is Cc1cc(C(=O)OC2CCCC(C)C2)c2c(C)noc2n1. The molecule has 2 atom stereocenters. The first kappa shape index (κ1) is 14.0. The topological polar surface area (TPSA) is 65.2 Å². The Kier molecular flexibility index (Phi) is 3.66. The van der Waals surface area contributed by atoms with E-state index in [-0.39, 0.29) is 12.1 Å². The van der Waals surface area contributed by atoms with Gasteiger partial charge in [0.15, 0.2) is 0 Å². The molecule has 0 amide bonds. The highest BCUT2D eigenvalue weighted by Crippen LogP contribution is 2.28. The minimum Gasteiger partial charge on any atom is -0.459 e. The van der Waals surface area contributed by atoms with E-state index >= 15 is 0 Å². The average molecular weight is 288 g/mol. The number of aromatic nitrogens is 2. The molecular weight excluding hydrogens is 268 g/mol. The van der Waals surface area contributed by atoms with E-state index in [1.165, 1.54) is 6.42 Å². The third kappa shape index (κ3) is 2.77. The highest BCUT2D eigenvalue weighted by atomic mass is 16.5. The fourth-order valence-electron chi connectivity index (χ4n) is 3.08. The molecule has 5 nitrogen and oxygen atoms in total. The number of rotatable bonds is 2. The lowest BCUT2D eigenvalue weighted by Gasteiger charge is -2.26. The molecule has 5 heteroatoms. The number of fused-ring (bicyclic) bond motifs is 1. The molecule has 2 aromatic rings. The summed E-state index contributed by atoms with van der Waals surface area (Å²) in [6.07, 6.45) is 4.26. The van der Waals surface area contributed by atoms with E-state index in [1.807, 2.05) is 13.8 Å². The molecule has 2 aromatic heterocycles. The van der Waals surface area contributed by atoms with Crippen LogP contribution in [0.15, 0.2) is 10.6 Å². The summed E-state index contributed by atoms with van der Waals surface area (Å²) in [6, 6.07) is 1.75. The molecule has 21 heavy (non-hydrogen) atoms. The number of carbonyl (C=O) groups is 1. The van der Waals surface area contributed by atoms with E-state index in [9.17, 15) is 4.79 Å². The molecule has 0 N–H and O–H groups in total. The average Bonchev–Trinajstić information content (AvgIpc) is 2.79. The zero-order valence-electron chi connectivity index (χ0n) is 12.7. The zero-order valence-corrected chi connectivity index (χ0v) is 12.7. The van der Waals surface area contributed by atoms with Crippen molar-refractivity contribution in [3.8, 4) is 0 Å². The summed E-state index contributed by atoms with van der Waals surface area (Å²) < 4.78 is 10.9. The highest BCUT2D eigenvalue weighted by molar-refractivity contribution is 6.03. The van der Waals surface area contributed by atoms with E-state index in [1.54, 1.807) is 6.07 Å². The number of pyridine rings is 1. The second-order valence-electron chi connectivity index (χ2n) is 6.06. The van der Waals surface area contributed by atoms with Crippen LogP contribution in [-0.4, -0.2) is 22.2 Å². The quantitative estimate of drug-likeness (QED) is 0.790. The number of hydrogen-bond donors (Lipinski definition) is 0. The van der Waals surface area contributed by atoms with Gasteiger partial charge >= 0.3 is 5.97 Å². The monoisotopic (exact) mass is 288 g/mol. The fourth-order valence-corrected chi connectivity index (χ4v) is 3.08. The Morgan fingerprint density at radius 3 is 2.95 bits per heavy atom. The first-order valence-corrected chi connectivity index (χ1v) is 7.49. The Labute approximate surface area is 123 Å². The molecule has 0 spiro atoms. The molecule has 1 fully saturated rings. The van der Waals surface area contributed by atoms with Crippen LogP contribution in [0.5, 0.6) is 0 Å². The molecule has 0 saturated heterocycles. The maximum Gasteiger partial charge on any atom is 0.339 e. The second kappa shape index (κ2) is 5.47. The number of aryl methyl sites for hydroxylation is 2. The third-order valence-electron chi connectivity index (χ3n) is 4.13. The molecular formula is C16H20N2O3. The summed E-state index contributed by atoms with van der Waals surface area (Å²) in [5.41, 5.74) is 2.30. The van der Waals surface area contributed by atoms with Gasteiger partial charge in [-0.2, -0.15) is 0 Å². The Morgan fingerprint density at radius 2 is 2.19 bits per heavy atom. The Hall–Kier alpha value is -1.91. The highest BCUT2D eigenvalue weighted by Gasteiger charge is 2.25. The molecule has 3 rings (SSSR count). The Morgan fingerprint density at radius 1 is 1.38 bits per heavy atom. The van der Waals surface area contributed by atoms with Crippen molar-refractivity contribution in [1.29, 1.82) is 0 Å². The zero-order chi connectivity index (χ0) is 15.0. The summed E-state index contributed by atoms with van der Waals surface area (Å²) in [4.78, 5) is 16.8. The lowest BCUT2D eigenvalue weighted by Crippen LogP contribution is -2.24. The summed E-state index contributed by atoms with van der Waals surface area (Å²) in [5.74, 6) is 0.323.